The molecule has 0 heterocycles. The lowest BCUT2D eigenvalue weighted by Crippen LogP contribution is -2.15. The average Bonchev–Trinajstić information content (AvgIpc) is 3.12. The van der Waals surface area contributed by atoms with Gasteiger partial charge in [-0.15, -0.1) is 0 Å². The highest BCUT2D eigenvalue weighted by molar-refractivity contribution is 5.69. The molecule has 8 heteroatoms. The summed E-state index contributed by atoms with van der Waals surface area (Å²) in [6.45, 7) is 11.6. The van der Waals surface area contributed by atoms with Crippen molar-refractivity contribution in [2.45, 2.75) is 181 Å². The summed E-state index contributed by atoms with van der Waals surface area (Å²) in [5.41, 5.74) is 0. The zero-order valence-corrected chi connectivity index (χ0v) is 33.3. The molecule has 0 aliphatic rings. The molecule has 0 unspecified atom stereocenters. The van der Waals surface area contributed by atoms with E-state index in [0.717, 1.165) is 25.9 Å². The molecule has 0 spiro atoms. The Kier molecular flexibility index (Phi) is 45.5. The van der Waals surface area contributed by atoms with Crippen molar-refractivity contribution in [2.75, 3.05) is 85.9 Å². The standard InChI is InChI=1S/C42H84O8/c1-3-5-7-9-11-13-14-15-16-17-18-19-21-23-25-27-29-44-30-31-45-32-33-46-34-35-47-36-37-48-38-39-49-40-41-50-42(43)28-26-24-22-20-12-10-8-6-4-2/h3-41H2,1-2H3. The van der Waals surface area contributed by atoms with Crippen molar-refractivity contribution in [2.24, 2.45) is 0 Å². The van der Waals surface area contributed by atoms with Gasteiger partial charge < -0.3 is 33.2 Å². The van der Waals surface area contributed by atoms with Gasteiger partial charge >= 0.3 is 5.97 Å². The molecule has 0 atom stereocenters. The van der Waals surface area contributed by atoms with E-state index in [4.69, 9.17) is 33.2 Å². The minimum Gasteiger partial charge on any atom is -0.463 e. The minimum absolute atomic E-state index is 0.123. The van der Waals surface area contributed by atoms with E-state index in [9.17, 15) is 4.79 Å². The van der Waals surface area contributed by atoms with Crippen LogP contribution in [0.15, 0.2) is 0 Å². The smallest absolute Gasteiger partial charge is 0.305 e. The number of ether oxygens (including phenoxy) is 7. The Morgan fingerprint density at radius 3 is 0.840 bits per heavy atom. The zero-order chi connectivity index (χ0) is 36.1. The van der Waals surface area contributed by atoms with Crippen molar-refractivity contribution in [1.82, 2.24) is 0 Å². The Morgan fingerprint density at radius 2 is 0.520 bits per heavy atom. The maximum Gasteiger partial charge on any atom is 0.305 e. The number of unbranched alkanes of at least 4 members (excludes halogenated alkanes) is 23. The van der Waals surface area contributed by atoms with Crippen LogP contribution in [0.3, 0.4) is 0 Å². The van der Waals surface area contributed by atoms with Crippen molar-refractivity contribution in [3.8, 4) is 0 Å². The highest BCUT2D eigenvalue weighted by Gasteiger charge is 2.03. The Bertz CT molecular complexity index is 621. The summed E-state index contributed by atoms with van der Waals surface area (Å²) in [4.78, 5) is 11.8. The van der Waals surface area contributed by atoms with E-state index in [0.29, 0.717) is 85.7 Å². The zero-order valence-electron chi connectivity index (χ0n) is 33.3. The van der Waals surface area contributed by atoms with Crippen LogP contribution in [0.25, 0.3) is 0 Å². The molecule has 0 fully saturated rings. The Morgan fingerprint density at radius 1 is 0.280 bits per heavy atom. The molecule has 0 aliphatic heterocycles. The van der Waals surface area contributed by atoms with Gasteiger partial charge in [-0.1, -0.05) is 162 Å². The fourth-order valence-corrected chi connectivity index (χ4v) is 5.82. The summed E-state index contributed by atoms with van der Waals surface area (Å²) in [7, 11) is 0. The van der Waals surface area contributed by atoms with Gasteiger partial charge in [0.25, 0.3) is 0 Å². The van der Waals surface area contributed by atoms with Crippen molar-refractivity contribution < 1.29 is 38.0 Å². The second kappa shape index (κ2) is 46.3. The molecule has 0 N–H and O–H groups in total. The molecule has 0 aromatic carbocycles. The van der Waals surface area contributed by atoms with Crippen LogP contribution in [0.5, 0.6) is 0 Å². The predicted molar refractivity (Wildman–Crippen MR) is 207 cm³/mol. The van der Waals surface area contributed by atoms with Crippen molar-refractivity contribution in [3.63, 3.8) is 0 Å². The Hall–Kier alpha value is -0.770. The third kappa shape index (κ3) is 45.3. The maximum absolute atomic E-state index is 11.8. The summed E-state index contributed by atoms with van der Waals surface area (Å²) in [6, 6.07) is 0. The van der Waals surface area contributed by atoms with Gasteiger partial charge in [-0.25, -0.2) is 0 Å². The molecule has 0 amide bonds. The maximum atomic E-state index is 11.8. The van der Waals surface area contributed by atoms with Crippen LogP contribution in [-0.4, -0.2) is 91.9 Å². The second-order valence-corrected chi connectivity index (χ2v) is 13.8. The molecule has 0 rings (SSSR count). The van der Waals surface area contributed by atoms with E-state index in [-0.39, 0.29) is 5.97 Å². The third-order valence-corrected chi connectivity index (χ3v) is 8.98. The summed E-state index contributed by atoms with van der Waals surface area (Å²) < 4.78 is 38.5. The quantitative estimate of drug-likeness (QED) is 0.0455. The fraction of sp³-hybridized carbons (Fsp3) is 0.976. The SMILES string of the molecule is CCCCCCCCCCCCCCCCCCOCCOCCOCCOCCOCCOCCOC(=O)CCCCCCCCCCC. The first-order valence-electron chi connectivity index (χ1n) is 21.4. The molecule has 8 nitrogen and oxygen atoms in total. The highest BCUT2D eigenvalue weighted by Crippen LogP contribution is 2.14. The lowest BCUT2D eigenvalue weighted by molar-refractivity contribution is -0.145. The molecule has 0 aliphatic carbocycles. The molecular formula is C42H84O8. The molecule has 0 saturated carbocycles. The van der Waals surface area contributed by atoms with Crippen LogP contribution >= 0.6 is 0 Å². The van der Waals surface area contributed by atoms with Crippen LogP contribution in [-0.2, 0) is 38.0 Å². The Labute approximate surface area is 310 Å². The summed E-state index contributed by atoms with van der Waals surface area (Å²) in [6.07, 6.45) is 33.9. The van der Waals surface area contributed by atoms with E-state index in [1.165, 1.54) is 141 Å². The number of esters is 1. The van der Waals surface area contributed by atoms with Crippen molar-refractivity contribution >= 4 is 5.97 Å². The molecule has 0 radical (unpaired) electrons. The van der Waals surface area contributed by atoms with Gasteiger partial charge in [0.2, 0.25) is 0 Å². The minimum atomic E-state index is -0.123. The number of carbonyl (C=O) groups excluding carboxylic acids is 1. The molecule has 300 valence electrons. The molecular weight excluding hydrogens is 632 g/mol. The molecule has 0 aromatic heterocycles. The van der Waals surface area contributed by atoms with E-state index in [1.807, 2.05) is 0 Å². The molecule has 50 heavy (non-hydrogen) atoms. The van der Waals surface area contributed by atoms with Gasteiger partial charge in [-0.05, 0) is 12.8 Å². The molecule has 0 bridgehead atoms. The summed E-state index contributed by atoms with van der Waals surface area (Å²) >= 11 is 0. The van der Waals surface area contributed by atoms with E-state index in [1.54, 1.807) is 0 Å². The monoisotopic (exact) mass is 717 g/mol. The summed E-state index contributed by atoms with van der Waals surface area (Å²) in [5.74, 6) is -0.123. The topological polar surface area (TPSA) is 81.7 Å². The van der Waals surface area contributed by atoms with Gasteiger partial charge in [-0.3, -0.25) is 4.79 Å². The first kappa shape index (κ1) is 49.2. The van der Waals surface area contributed by atoms with E-state index in [2.05, 4.69) is 13.8 Å². The second-order valence-electron chi connectivity index (χ2n) is 13.8. The van der Waals surface area contributed by atoms with Crippen LogP contribution in [0.4, 0.5) is 0 Å². The fourth-order valence-electron chi connectivity index (χ4n) is 5.82. The van der Waals surface area contributed by atoms with Gasteiger partial charge in [0.1, 0.15) is 6.61 Å². The van der Waals surface area contributed by atoms with Crippen molar-refractivity contribution in [3.05, 3.63) is 0 Å². The largest absolute Gasteiger partial charge is 0.463 e. The van der Waals surface area contributed by atoms with Gasteiger partial charge in [-0.2, -0.15) is 0 Å². The number of carbonyl (C=O) groups is 1. The lowest BCUT2D eigenvalue weighted by Gasteiger charge is -2.08. The molecule has 0 saturated heterocycles. The molecule has 0 aromatic rings. The Balaban J connectivity index is 3.10. The van der Waals surface area contributed by atoms with Gasteiger partial charge in [0, 0.05) is 13.0 Å². The average molecular weight is 717 g/mol. The lowest BCUT2D eigenvalue weighted by atomic mass is 10.0. The normalized spacial score (nSPS) is 11.5. The third-order valence-electron chi connectivity index (χ3n) is 8.98. The van der Waals surface area contributed by atoms with Gasteiger partial charge in [0.15, 0.2) is 0 Å². The first-order valence-corrected chi connectivity index (χ1v) is 21.4. The van der Waals surface area contributed by atoms with Crippen LogP contribution in [0.2, 0.25) is 0 Å². The van der Waals surface area contributed by atoms with Crippen LogP contribution < -0.4 is 0 Å². The van der Waals surface area contributed by atoms with E-state index >= 15 is 0 Å². The van der Waals surface area contributed by atoms with Crippen LogP contribution in [0, 0.1) is 0 Å². The number of hydrogen-bond acceptors (Lipinski definition) is 8. The van der Waals surface area contributed by atoms with E-state index < -0.39 is 0 Å². The highest BCUT2D eigenvalue weighted by atomic mass is 16.6. The summed E-state index contributed by atoms with van der Waals surface area (Å²) in [5, 5.41) is 0. The predicted octanol–water partition coefficient (Wildman–Crippen LogP) is 10.8. The number of hydrogen-bond donors (Lipinski definition) is 0. The van der Waals surface area contributed by atoms with Gasteiger partial charge in [0.05, 0.1) is 72.7 Å². The van der Waals surface area contributed by atoms with Crippen LogP contribution in [0.1, 0.15) is 181 Å². The first-order chi connectivity index (χ1) is 24.8. The number of rotatable bonds is 45. The van der Waals surface area contributed by atoms with Crippen molar-refractivity contribution in [1.29, 1.82) is 0 Å².